The van der Waals surface area contributed by atoms with Gasteiger partial charge in [0.1, 0.15) is 6.61 Å². The predicted molar refractivity (Wildman–Crippen MR) is 96.1 cm³/mol. The number of halogens is 2. The number of benzene rings is 1. The molecule has 26 heavy (non-hydrogen) atoms. The molecule has 0 saturated carbocycles. The smallest absolute Gasteiger partial charge is 0.340 e. The zero-order valence-electron chi connectivity index (χ0n) is 14.2. The average molecular weight is 401 g/mol. The lowest BCUT2D eigenvalue weighted by atomic mass is 10.0. The second kappa shape index (κ2) is 8.91. The van der Waals surface area contributed by atoms with Crippen LogP contribution in [-0.4, -0.2) is 37.2 Å². The van der Waals surface area contributed by atoms with Crippen LogP contribution in [0.15, 0.2) is 29.5 Å². The Bertz CT molecular complexity index is 764. The summed E-state index contributed by atoms with van der Waals surface area (Å²) in [5, 5.41) is 5.66. The number of ether oxygens (including phenoxy) is 2. The Balaban J connectivity index is 2.23. The lowest BCUT2D eigenvalue weighted by Gasteiger charge is -2.28. The summed E-state index contributed by atoms with van der Waals surface area (Å²) < 4.78 is 10.3. The molecular weight excluding hydrogens is 383 g/mol. The van der Waals surface area contributed by atoms with Crippen LogP contribution in [0.4, 0.5) is 4.79 Å². The van der Waals surface area contributed by atoms with Crippen LogP contribution in [0.25, 0.3) is 0 Å². The lowest BCUT2D eigenvalue weighted by Crippen LogP contribution is -2.51. The molecule has 0 spiro atoms. The van der Waals surface area contributed by atoms with Crippen molar-refractivity contribution in [3.63, 3.8) is 0 Å². The maximum absolute atomic E-state index is 12.2. The van der Waals surface area contributed by atoms with E-state index in [0.717, 1.165) is 0 Å². The van der Waals surface area contributed by atoms with Gasteiger partial charge < -0.3 is 20.1 Å². The summed E-state index contributed by atoms with van der Waals surface area (Å²) in [6, 6.07) is 3.34. The van der Waals surface area contributed by atoms with Crippen LogP contribution in [0.2, 0.25) is 10.0 Å². The van der Waals surface area contributed by atoms with Crippen molar-refractivity contribution >= 4 is 41.2 Å². The van der Waals surface area contributed by atoms with E-state index in [1.165, 1.54) is 18.2 Å². The van der Waals surface area contributed by atoms with Crippen LogP contribution in [0, 0.1) is 0 Å². The molecule has 140 valence electrons. The van der Waals surface area contributed by atoms with Crippen LogP contribution >= 0.6 is 23.2 Å². The van der Waals surface area contributed by atoms with Gasteiger partial charge in [-0.25, -0.2) is 14.4 Å². The third-order valence-corrected chi connectivity index (χ3v) is 4.19. The predicted octanol–water partition coefficient (Wildman–Crippen LogP) is 3.06. The molecular formula is C17H18Cl2N2O5. The van der Waals surface area contributed by atoms with Gasteiger partial charge in [0.05, 0.1) is 34.5 Å². The SMILES string of the molecule is CCOC(=O)C1=C(COC(=O)c2ccc(Cl)cc2Cl)NC(=O)N[C@@H]1CC. The number of hydrogen-bond acceptors (Lipinski definition) is 5. The fourth-order valence-electron chi connectivity index (χ4n) is 2.45. The molecule has 1 atom stereocenters. The molecule has 2 amide bonds. The molecule has 1 aromatic rings. The van der Waals surface area contributed by atoms with Gasteiger partial charge in [-0.3, -0.25) is 0 Å². The molecule has 0 bridgehead atoms. The number of rotatable bonds is 6. The maximum Gasteiger partial charge on any atom is 0.340 e. The van der Waals surface area contributed by atoms with Crippen molar-refractivity contribution in [1.29, 1.82) is 0 Å². The van der Waals surface area contributed by atoms with Crippen molar-refractivity contribution in [2.45, 2.75) is 26.3 Å². The van der Waals surface area contributed by atoms with Gasteiger partial charge in [0.25, 0.3) is 0 Å². The van der Waals surface area contributed by atoms with E-state index in [0.29, 0.717) is 11.4 Å². The minimum absolute atomic E-state index is 0.127. The molecule has 2 rings (SSSR count). The first kappa shape index (κ1) is 20.1. The molecule has 0 aromatic heterocycles. The van der Waals surface area contributed by atoms with Gasteiger partial charge in [-0.05, 0) is 31.5 Å². The zero-order valence-corrected chi connectivity index (χ0v) is 15.7. The Morgan fingerprint density at radius 3 is 2.50 bits per heavy atom. The number of amides is 2. The monoisotopic (exact) mass is 400 g/mol. The summed E-state index contributed by atoms with van der Waals surface area (Å²) in [4.78, 5) is 36.3. The molecule has 1 aliphatic rings. The first-order valence-corrected chi connectivity index (χ1v) is 8.72. The molecule has 0 saturated heterocycles. The van der Waals surface area contributed by atoms with E-state index < -0.39 is 24.0 Å². The van der Waals surface area contributed by atoms with Crippen molar-refractivity contribution in [2.75, 3.05) is 13.2 Å². The second-order valence-electron chi connectivity index (χ2n) is 5.37. The number of esters is 2. The molecule has 0 fully saturated rings. The third kappa shape index (κ3) is 4.68. The van der Waals surface area contributed by atoms with Crippen molar-refractivity contribution in [1.82, 2.24) is 10.6 Å². The van der Waals surface area contributed by atoms with Gasteiger partial charge in [0.2, 0.25) is 0 Å². The first-order valence-electron chi connectivity index (χ1n) is 7.97. The average Bonchev–Trinajstić information content (AvgIpc) is 2.59. The van der Waals surface area contributed by atoms with Gasteiger partial charge >= 0.3 is 18.0 Å². The fourth-order valence-corrected chi connectivity index (χ4v) is 2.93. The molecule has 7 nitrogen and oxygen atoms in total. The molecule has 1 aromatic carbocycles. The first-order chi connectivity index (χ1) is 12.4. The summed E-state index contributed by atoms with van der Waals surface area (Å²) in [6.07, 6.45) is 0.474. The van der Waals surface area contributed by atoms with Crippen molar-refractivity contribution in [3.05, 3.63) is 45.1 Å². The largest absolute Gasteiger partial charge is 0.463 e. The van der Waals surface area contributed by atoms with E-state index in [1.807, 2.05) is 6.92 Å². The minimum atomic E-state index is -0.705. The molecule has 0 unspecified atom stereocenters. The zero-order chi connectivity index (χ0) is 19.3. The Hall–Kier alpha value is -2.25. The van der Waals surface area contributed by atoms with Gasteiger partial charge in [-0.15, -0.1) is 0 Å². The van der Waals surface area contributed by atoms with Crippen molar-refractivity contribution in [3.8, 4) is 0 Å². The summed E-state index contributed by atoms with van der Waals surface area (Å²) in [5.74, 6) is -1.29. The molecule has 1 aliphatic heterocycles. The van der Waals surface area contributed by atoms with E-state index in [9.17, 15) is 14.4 Å². The maximum atomic E-state index is 12.2. The molecule has 0 radical (unpaired) electrons. The van der Waals surface area contributed by atoms with Gasteiger partial charge in [0, 0.05) is 5.02 Å². The van der Waals surface area contributed by atoms with Gasteiger partial charge in [-0.1, -0.05) is 30.1 Å². The minimum Gasteiger partial charge on any atom is -0.463 e. The number of nitrogens with one attached hydrogen (secondary N) is 2. The van der Waals surface area contributed by atoms with Crippen LogP contribution in [-0.2, 0) is 14.3 Å². The highest BCUT2D eigenvalue weighted by atomic mass is 35.5. The summed E-state index contributed by atoms with van der Waals surface area (Å²) in [6.45, 7) is 3.36. The topological polar surface area (TPSA) is 93.7 Å². The van der Waals surface area contributed by atoms with Gasteiger partial charge in [0.15, 0.2) is 0 Å². The summed E-state index contributed by atoms with van der Waals surface area (Å²) in [7, 11) is 0. The summed E-state index contributed by atoms with van der Waals surface area (Å²) >= 11 is 11.8. The molecule has 9 heteroatoms. The Kier molecular flexibility index (Phi) is 6.88. The third-order valence-electron chi connectivity index (χ3n) is 3.65. The van der Waals surface area contributed by atoms with Crippen LogP contribution in [0.1, 0.15) is 30.6 Å². The standard InChI is InChI=1S/C17H18Cl2N2O5/c1-3-12-14(16(23)25-4-2)13(21-17(24)20-12)8-26-15(22)10-6-5-9(18)7-11(10)19/h5-7,12H,3-4,8H2,1-2H3,(H2,20,21,24)/t12-/m1/s1. The number of hydrogen-bond donors (Lipinski definition) is 2. The highest BCUT2D eigenvalue weighted by Gasteiger charge is 2.32. The van der Waals surface area contributed by atoms with E-state index in [2.05, 4.69) is 10.6 Å². The molecule has 1 heterocycles. The Morgan fingerprint density at radius 2 is 1.88 bits per heavy atom. The van der Waals surface area contributed by atoms with E-state index in [1.54, 1.807) is 6.92 Å². The number of carbonyl (C=O) groups is 3. The molecule has 0 aliphatic carbocycles. The highest BCUT2D eigenvalue weighted by molar-refractivity contribution is 6.36. The van der Waals surface area contributed by atoms with Crippen LogP contribution < -0.4 is 10.6 Å². The normalized spacial score (nSPS) is 16.6. The van der Waals surface area contributed by atoms with E-state index in [4.69, 9.17) is 32.7 Å². The van der Waals surface area contributed by atoms with Crippen LogP contribution in [0.3, 0.4) is 0 Å². The number of carbonyl (C=O) groups excluding carboxylic acids is 3. The Morgan fingerprint density at radius 1 is 1.15 bits per heavy atom. The second-order valence-corrected chi connectivity index (χ2v) is 6.22. The van der Waals surface area contributed by atoms with Gasteiger partial charge in [-0.2, -0.15) is 0 Å². The van der Waals surface area contributed by atoms with E-state index >= 15 is 0 Å². The van der Waals surface area contributed by atoms with Crippen molar-refractivity contribution < 1.29 is 23.9 Å². The highest BCUT2D eigenvalue weighted by Crippen LogP contribution is 2.22. The van der Waals surface area contributed by atoms with E-state index in [-0.39, 0.29) is 35.1 Å². The number of urea groups is 1. The lowest BCUT2D eigenvalue weighted by molar-refractivity contribution is -0.139. The van der Waals surface area contributed by atoms with Crippen molar-refractivity contribution in [2.24, 2.45) is 0 Å². The van der Waals surface area contributed by atoms with Crippen LogP contribution in [0.5, 0.6) is 0 Å². The Labute approximate surface area is 160 Å². The quantitative estimate of drug-likeness (QED) is 0.715. The fraction of sp³-hybridized carbons (Fsp3) is 0.353. The molecule has 2 N–H and O–H groups in total. The summed E-state index contributed by atoms with van der Waals surface area (Å²) in [5.41, 5.74) is 0.531.